The highest BCUT2D eigenvalue weighted by Gasteiger charge is 2.06. The molecular weight excluding hydrogens is 527 g/mol. The van der Waals surface area contributed by atoms with Gasteiger partial charge in [0.05, 0.1) is 33.6 Å². The van der Waals surface area contributed by atoms with E-state index in [1.807, 2.05) is 47.8 Å². The second-order valence-electron chi connectivity index (χ2n) is 6.44. The summed E-state index contributed by atoms with van der Waals surface area (Å²) in [5.41, 5.74) is 9.05. The highest BCUT2D eigenvalue weighted by Crippen LogP contribution is 2.28. The number of rotatable bonds is 9. The van der Waals surface area contributed by atoms with Crippen molar-refractivity contribution < 1.29 is 14.2 Å². The molecule has 3 N–H and O–H groups in total. The van der Waals surface area contributed by atoms with Crippen LogP contribution in [0.1, 0.15) is 11.3 Å². The number of guanidine groups is 1. The van der Waals surface area contributed by atoms with Crippen LogP contribution in [0, 0.1) is 0 Å². The second-order valence-corrected chi connectivity index (χ2v) is 7.30. The summed E-state index contributed by atoms with van der Waals surface area (Å²) < 4.78 is 15.8. The molecule has 0 saturated carbocycles. The lowest BCUT2D eigenvalue weighted by atomic mass is 10.1. The molecule has 0 aliphatic rings. The summed E-state index contributed by atoms with van der Waals surface area (Å²) in [6.07, 6.45) is 0.787. The van der Waals surface area contributed by atoms with E-state index in [4.69, 9.17) is 19.9 Å². The number of hydrogen-bond donors (Lipinski definition) is 2. The van der Waals surface area contributed by atoms with Gasteiger partial charge in [-0.15, -0.1) is 35.3 Å². The first-order valence-electron chi connectivity index (χ1n) is 9.46. The molecule has 9 heteroatoms. The SMILES string of the molecule is COc1ccc(-c2nc(CN=C(N)NCCc3ccc(OC)c(OC)c3)cs2)cc1.I. The minimum absolute atomic E-state index is 0. The van der Waals surface area contributed by atoms with Crippen LogP contribution in [-0.2, 0) is 13.0 Å². The zero-order valence-electron chi connectivity index (χ0n) is 17.8. The Morgan fingerprint density at radius 3 is 2.45 bits per heavy atom. The van der Waals surface area contributed by atoms with Crippen LogP contribution >= 0.6 is 35.3 Å². The van der Waals surface area contributed by atoms with Crippen molar-refractivity contribution in [1.29, 1.82) is 0 Å². The lowest BCUT2D eigenvalue weighted by Gasteiger charge is -2.10. The standard InChI is InChI=1S/C22H26N4O3S.HI/c1-27-18-7-5-16(6-8-18)21-26-17(14-30-21)13-25-22(23)24-11-10-15-4-9-19(28-2)20(12-15)29-3;/h4-9,12,14H,10-11,13H2,1-3H3,(H3,23,24,25);1H. The van der Waals surface area contributed by atoms with Gasteiger partial charge < -0.3 is 25.3 Å². The number of ether oxygens (including phenoxy) is 3. The van der Waals surface area contributed by atoms with Gasteiger partial charge in [0.2, 0.25) is 0 Å². The summed E-state index contributed by atoms with van der Waals surface area (Å²) >= 11 is 1.58. The first kappa shape index (κ1) is 24.7. The molecule has 0 radical (unpaired) electrons. The summed E-state index contributed by atoms with van der Waals surface area (Å²) in [7, 11) is 4.91. The Kier molecular flexibility index (Phi) is 9.86. The number of halogens is 1. The van der Waals surface area contributed by atoms with Crippen molar-refractivity contribution in [3.05, 3.63) is 59.1 Å². The van der Waals surface area contributed by atoms with Gasteiger partial charge >= 0.3 is 0 Å². The number of hydrogen-bond acceptors (Lipinski definition) is 6. The van der Waals surface area contributed by atoms with E-state index in [0.717, 1.165) is 34.0 Å². The van der Waals surface area contributed by atoms with Crippen LogP contribution in [0.4, 0.5) is 0 Å². The van der Waals surface area contributed by atoms with Gasteiger partial charge in [0, 0.05) is 17.5 Å². The maximum atomic E-state index is 5.99. The van der Waals surface area contributed by atoms with Crippen LogP contribution in [0.25, 0.3) is 10.6 Å². The number of nitrogens with one attached hydrogen (secondary N) is 1. The Bertz CT molecular complexity index is 993. The lowest BCUT2D eigenvalue weighted by Crippen LogP contribution is -2.33. The zero-order valence-corrected chi connectivity index (χ0v) is 20.9. The maximum absolute atomic E-state index is 5.99. The van der Waals surface area contributed by atoms with Gasteiger partial charge in [0.1, 0.15) is 10.8 Å². The van der Waals surface area contributed by atoms with E-state index < -0.39 is 0 Å². The number of nitrogens with zero attached hydrogens (tertiary/aromatic N) is 2. The molecule has 0 aliphatic carbocycles. The average molecular weight is 554 g/mol. The average Bonchev–Trinajstić information content (AvgIpc) is 3.26. The maximum Gasteiger partial charge on any atom is 0.188 e. The number of benzene rings is 2. The van der Waals surface area contributed by atoms with E-state index in [9.17, 15) is 0 Å². The molecule has 2 aromatic carbocycles. The van der Waals surface area contributed by atoms with Gasteiger partial charge in [0.25, 0.3) is 0 Å². The molecule has 0 bridgehead atoms. The van der Waals surface area contributed by atoms with E-state index in [0.29, 0.717) is 30.5 Å². The van der Waals surface area contributed by atoms with Gasteiger partial charge in [-0.3, -0.25) is 0 Å². The number of aromatic nitrogens is 1. The normalized spacial score (nSPS) is 10.9. The fourth-order valence-corrected chi connectivity index (χ4v) is 3.66. The van der Waals surface area contributed by atoms with Crippen molar-refractivity contribution in [1.82, 2.24) is 10.3 Å². The van der Waals surface area contributed by atoms with Gasteiger partial charge in [-0.1, -0.05) is 6.07 Å². The van der Waals surface area contributed by atoms with Crippen LogP contribution < -0.4 is 25.3 Å². The third-order valence-corrected chi connectivity index (χ3v) is 5.41. The molecule has 0 saturated heterocycles. The van der Waals surface area contributed by atoms with Crippen molar-refractivity contribution in [3.63, 3.8) is 0 Å². The fourth-order valence-electron chi connectivity index (χ4n) is 2.84. The first-order valence-corrected chi connectivity index (χ1v) is 10.3. The first-order chi connectivity index (χ1) is 14.6. The predicted molar refractivity (Wildman–Crippen MR) is 136 cm³/mol. The van der Waals surface area contributed by atoms with Crippen LogP contribution in [0.15, 0.2) is 52.8 Å². The molecule has 0 fully saturated rings. The van der Waals surface area contributed by atoms with Crippen molar-refractivity contribution in [3.8, 4) is 27.8 Å². The summed E-state index contributed by atoms with van der Waals surface area (Å²) in [4.78, 5) is 9.02. The molecule has 1 aromatic heterocycles. The molecule has 0 unspecified atom stereocenters. The van der Waals surface area contributed by atoms with Crippen molar-refractivity contribution in [2.24, 2.45) is 10.7 Å². The Balaban J connectivity index is 0.00000341. The van der Waals surface area contributed by atoms with Crippen molar-refractivity contribution in [2.45, 2.75) is 13.0 Å². The molecule has 0 amide bonds. The summed E-state index contributed by atoms with van der Waals surface area (Å²) in [5, 5.41) is 6.08. The minimum atomic E-state index is 0. The highest BCUT2D eigenvalue weighted by atomic mass is 127. The molecule has 3 aromatic rings. The number of aliphatic imine (C=N–C) groups is 1. The third kappa shape index (κ3) is 7.00. The van der Waals surface area contributed by atoms with Crippen molar-refractivity contribution >= 4 is 41.3 Å². The Labute approximate surface area is 203 Å². The molecule has 3 rings (SSSR count). The fraction of sp³-hybridized carbons (Fsp3) is 0.273. The number of thiazole rings is 1. The van der Waals surface area contributed by atoms with E-state index in [2.05, 4.69) is 15.3 Å². The van der Waals surface area contributed by atoms with Gasteiger partial charge in [0.15, 0.2) is 17.5 Å². The summed E-state index contributed by atoms with van der Waals surface area (Å²) in [6.45, 7) is 1.10. The van der Waals surface area contributed by atoms with Gasteiger partial charge in [-0.25, -0.2) is 9.98 Å². The van der Waals surface area contributed by atoms with E-state index in [-0.39, 0.29) is 24.0 Å². The van der Waals surface area contributed by atoms with E-state index in [1.54, 1.807) is 32.7 Å². The third-order valence-electron chi connectivity index (χ3n) is 4.47. The van der Waals surface area contributed by atoms with Crippen LogP contribution in [0.3, 0.4) is 0 Å². The largest absolute Gasteiger partial charge is 0.497 e. The second kappa shape index (κ2) is 12.4. The Morgan fingerprint density at radius 2 is 1.77 bits per heavy atom. The monoisotopic (exact) mass is 554 g/mol. The van der Waals surface area contributed by atoms with E-state index in [1.165, 1.54) is 0 Å². The van der Waals surface area contributed by atoms with Gasteiger partial charge in [-0.05, 0) is 48.4 Å². The molecule has 0 atom stereocenters. The molecular formula is C22H27IN4O3S. The molecule has 0 aliphatic heterocycles. The smallest absolute Gasteiger partial charge is 0.188 e. The van der Waals surface area contributed by atoms with Crippen molar-refractivity contribution in [2.75, 3.05) is 27.9 Å². The minimum Gasteiger partial charge on any atom is -0.497 e. The van der Waals surface area contributed by atoms with Crippen LogP contribution in [0.2, 0.25) is 0 Å². The quantitative estimate of drug-likeness (QED) is 0.235. The number of nitrogens with two attached hydrogens (primary N) is 1. The van der Waals surface area contributed by atoms with Crippen LogP contribution in [-0.4, -0.2) is 38.8 Å². The topological polar surface area (TPSA) is 91.0 Å². The van der Waals surface area contributed by atoms with E-state index >= 15 is 0 Å². The Morgan fingerprint density at radius 1 is 1.03 bits per heavy atom. The molecule has 31 heavy (non-hydrogen) atoms. The molecule has 7 nitrogen and oxygen atoms in total. The zero-order chi connectivity index (χ0) is 21.3. The molecule has 1 heterocycles. The lowest BCUT2D eigenvalue weighted by molar-refractivity contribution is 0.354. The van der Waals surface area contributed by atoms with Gasteiger partial charge in [-0.2, -0.15) is 0 Å². The Hall–Kier alpha value is -2.53. The number of methoxy groups -OCH3 is 3. The summed E-state index contributed by atoms with van der Waals surface area (Å²) in [6, 6.07) is 13.7. The predicted octanol–water partition coefficient (Wildman–Crippen LogP) is 4.10. The molecule has 0 spiro atoms. The highest BCUT2D eigenvalue weighted by molar-refractivity contribution is 14.0. The summed E-state index contributed by atoms with van der Waals surface area (Å²) in [5.74, 6) is 2.65. The molecule has 166 valence electrons. The van der Waals surface area contributed by atoms with Crippen LogP contribution in [0.5, 0.6) is 17.2 Å².